The van der Waals surface area contributed by atoms with E-state index in [4.69, 9.17) is 28.5 Å². The Morgan fingerprint density at radius 3 is 2.67 bits per heavy atom. The average Bonchev–Trinajstić information content (AvgIpc) is 2.35. The van der Waals surface area contributed by atoms with Crippen LogP contribution in [0.25, 0.3) is 0 Å². The highest BCUT2D eigenvalue weighted by atomic mass is 35.5. The number of benzene rings is 1. The maximum Gasteiger partial charge on any atom is 0.227 e. The van der Waals surface area contributed by atoms with Gasteiger partial charge in [-0.2, -0.15) is 5.26 Å². The van der Waals surface area contributed by atoms with E-state index in [0.717, 1.165) is 5.56 Å². The number of carbonyl (C=O) groups excluding carboxylic acids is 1. The second kappa shape index (κ2) is 7.25. The van der Waals surface area contributed by atoms with Crippen LogP contribution >= 0.6 is 23.2 Å². The first-order chi connectivity index (χ1) is 8.58. The predicted molar refractivity (Wildman–Crippen MR) is 72.7 cm³/mol. The zero-order valence-corrected chi connectivity index (χ0v) is 11.6. The monoisotopic (exact) mass is 284 g/mol. The summed E-state index contributed by atoms with van der Waals surface area (Å²) >= 11 is 11.7. The first kappa shape index (κ1) is 14.8. The molecule has 0 saturated heterocycles. The maximum atomic E-state index is 12.0. The molecule has 0 aliphatic heterocycles. The highest BCUT2D eigenvalue weighted by Gasteiger charge is 2.12. The molecule has 0 N–H and O–H groups in total. The van der Waals surface area contributed by atoms with Gasteiger partial charge in [-0.1, -0.05) is 29.3 Å². The zero-order valence-electron chi connectivity index (χ0n) is 10.1. The van der Waals surface area contributed by atoms with Crippen molar-refractivity contribution in [1.82, 2.24) is 4.90 Å². The van der Waals surface area contributed by atoms with Gasteiger partial charge in [0, 0.05) is 13.1 Å². The Hall–Kier alpha value is -1.24. The highest BCUT2D eigenvalue weighted by molar-refractivity contribution is 6.42. The normalized spacial score (nSPS) is 9.89. The molecule has 96 valence electrons. The summed E-state index contributed by atoms with van der Waals surface area (Å²) in [5, 5.41) is 9.45. The van der Waals surface area contributed by atoms with E-state index in [9.17, 15) is 4.79 Å². The molecule has 0 aliphatic carbocycles. The standard InChI is InChI=1S/C13H14Cl2N2O/c1-2-17(7-3-6-16)13(18)9-10-4-5-11(14)12(15)8-10/h4-5,8H,2-3,7,9H2,1H3. The van der Waals surface area contributed by atoms with Gasteiger partial charge < -0.3 is 4.90 Å². The third-order valence-corrected chi connectivity index (χ3v) is 3.31. The molecule has 0 bridgehead atoms. The lowest BCUT2D eigenvalue weighted by molar-refractivity contribution is -0.130. The Morgan fingerprint density at radius 2 is 2.11 bits per heavy atom. The van der Waals surface area contributed by atoms with Gasteiger partial charge in [-0.25, -0.2) is 0 Å². The van der Waals surface area contributed by atoms with Gasteiger partial charge in [-0.3, -0.25) is 4.79 Å². The van der Waals surface area contributed by atoms with Crippen LogP contribution in [0, 0.1) is 11.3 Å². The zero-order chi connectivity index (χ0) is 13.5. The molecule has 3 nitrogen and oxygen atoms in total. The molecule has 0 atom stereocenters. The van der Waals surface area contributed by atoms with Crippen molar-refractivity contribution in [3.8, 4) is 6.07 Å². The van der Waals surface area contributed by atoms with Crippen molar-refractivity contribution >= 4 is 29.1 Å². The summed E-state index contributed by atoms with van der Waals surface area (Å²) in [6.07, 6.45) is 0.622. The van der Waals surface area contributed by atoms with Crippen molar-refractivity contribution in [2.45, 2.75) is 19.8 Å². The lowest BCUT2D eigenvalue weighted by Gasteiger charge is -2.19. The minimum absolute atomic E-state index is 0.00820. The lowest BCUT2D eigenvalue weighted by atomic mass is 10.1. The largest absolute Gasteiger partial charge is 0.342 e. The van der Waals surface area contributed by atoms with E-state index in [2.05, 4.69) is 0 Å². The third kappa shape index (κ3) is 4.21. The van der Waals surface area contributed by atoms with E-state index < -0.39 is 0 Å². The molecule has 0 saturated carbocycles. The molecule has 0 heterocycles. The minimum Gasteiger partial charge on any atom is -0.342 e. The van der Waals surface area contributed by atoms with Crippen molar-refractivity contribution in [3.05, 3.63) is 33.8 Å². The van der Waals surface area contributed by atoms with Crippen LogP contribution in [0.3, 0.4) is 0 Å². The Balaban J connectivity index is 2.68. The number of likely N-dealkylation sites (N-methyl/N-ethyl adjacent to an activating group) is 1. The molecule has 0 aliphatic rings. The highest BCUT2D eigenvalue weighted by Crippen LogP contribution is 2.23. The molecule has 1 aromatic carbocycles. The van der Waals surface area contributed by atoms with Gasteiger partial charge in [-0.15, -0.1) is 0 Å². The van der Waals surface area contributed by atoms with Crippen LogP contribution < -0.4 is 0 Å². The van der Waals surface area contributed by atoms with E-state index in [1.54, 1.807) is 23.1 Å². The SMILES string of the molecule is CCN(CCC#N)C(=O)Cc1ccc(Cl)c(Cl)c1. The van der Waals surface area contributed by atoms with E-state index in [-0.39, 0.29) is 12.3 Å². The molecule has 0 spiro atoms. The van der Waals surface area contributed by atoms with Crippen LogP contribution in [-0.4, -0.2) is 23.9 Å². The van der Waals surface area contributed by atoms with Crippen molar-refractivity contribution in [2.24, 2.45) is 0 Å². The van der Waals surface area contributed by atoms with E-state index in [1.807, 2.05) is 13.0 Å². The number of carbonyl (C=O) groups is 1. The van der Waals surface area contributed by atoms with Crippen LogP contribution in [0.15, 0.2) is 18.2 Å². The number of hydrogen-bond acceptors (Lipinski definition) is 2. The Labute approximate surface area is 117 Å². The van der Waals surface area contributed by atoms with Crippen molar-refractivity contribution in [3.63, 3.8) is 0 Å². The summed E-state index contributed by atoms with van der Waals surface area (Å²) < 4.78 is 0. The topological polar surface area (TPSA) is 44.1 Å². The summed E-state index contributed by atoms with van der Waals surface area (Å²) in [5.74, 6) is -0.00820. The van der Waals surface area contributed by atoms with E-state index in [0.29, 0.717) is 29.6 Å². The van der Waals surface area contributed by atoms with E-state index in [1.165, 1.54) is 0 Å². The van der Waals surface area contributed by atoms with Gasteiger partial charge in [0.1, 0.15) is 0 Å². The fourth-order valence-electron chi connectivity index (χ4n) is 1.58. The fourth-order valence-corrected chi connectivity index (χ4v) is 1.90. The van der Waals surface area contributed by atoms with Gasteiger partial charge in [0.15, 0.2) is 0 Å². The molecule has 0 aromatic heterocycles. The molecule has 0 radical (unpaired) electrons. The van der Waals surface area contributed by atoms with Gasteiger partial charge in [0.2, 0.25) is 5.91 Å². The fraction of sp³-hybridized carbons (Fsp3) is 0.385. The second-order valence-corrected chi connectivity index (χ2v) is 4.62. The molecule has 0 unspecified atom stereocenters. The number of rotatable bonds is 5. The molecular weight excluding hydrogens is 271 g/mol. The smallest absolute Gasteiger partial charge is 0.227 e. The number of amides is 1. The van der Waals surface area contributed by atoms with Gasteiger partial charge in [0.25, 0.3) is 0 Å². The molecule has 1 amide bonds. The molecule has 5 heteroatoms. The van der Waals surface area contributed by atoms with Crippen molar-refractivity contribution < 1.29 is 4.79 Å². The lowest BCUT2D eigenvalue weighted by Crippen LogP contribution is -2.32. The number of halogens is 2. The summed E-state index contributed by atoms with van der Waals surface area (Å²) in [6.45, 7) is 2.96. The van der Waals surface area contributed by atoms with Crippen LogP contribution in [0.5, 0.6) is 0 Å². The summed E-state index contributed by atoms with van der Waals surface area (Å²) in [5.41, 5.74) is 0.824. The Kier molecular flexibility index (Phi) is 5.97. The van der Waals surface area contributed by atoms with Gasteiger partial charge in [0.05, 0.1) is 29.0 Å². The van der Waals surface area contributed by atoms with Crippen LogP contribution in [-0.2, 0) is 11.2 Å². The first-order valence-corrected chi connectivity index (χ1v) is 6.42. The van der Waals surface area contributed by atoms with Crippen LogP contribution in [0.4, 0.5) is 0 Å². The Bertz CT molecular complexity index is 469. The van der Waals surface area contributed by atoms with Crippen LogP contribution in [0.2, 0.25) is 10.0 Å². The summed E-state index contributed by atoms with van der Waals surface area (Å²) in [4.78, 5) is 13.6. The summed E-state index contributed by atoms with van der Waals surface area (Å²) in [7, 11) is 0. The third-order valence-electron chi connectivity index (χ3n) is 2.57. The van der Waals surface area contributed by atoms with Crippen molar-refractivity contribution in [1.29, 1.82) is 5.26 Å². The first-order valence-electron chi connectivity index (χ1n) is 5.67. The number of hydrogen-bond donors (Lipinski definition) is 0. The number of nitriles is 1. The van der Waals surface area contributed by atoms with Gasteiger partial charge in [-0.05, 0) is 24.6 Å². The van der Waals surface area contributed by atoms with Crippen LogP contribution in [0.1, 0.15) is 18.9 Å². The van der Waals surface area contributed by atoms with E-state index >= 15 is 0 Å². The predicted octanol–water partition coefficient (Wildman–Crippen LogP) is 3.30. The minimum atomic E-state index is -0.00820. The number of nitrogens with zero attached hydrogens (tertiary/aromatic N) is 2. The quantitative estimate of drug-likeness (QED) is 0.833. The van der Waals surface area contributed by atoms with Crippen molar-refractivity contribution in [2.75, 3.05) is 13.1 Å². The average molecular weight is 285 g/mol. The second-order valence-electron chi connectivity index (χ2n) is 3.81. The molecule has 1 aromatic rings. The molecule has 1 rings (SSSR count). The molecule has 18 heavy (non-hydrogen) atoms. The maximum absolute atomic E-state index is 12.0. The molecule has 0 fully saturated rings. The Morgan fingerprint density at radius 1 is 1.39 bits per heavy atom. The van der Waals surface area contributed by atoms with Gasteiger partial charge >= 0.3 is 0 Å². The molecular formula is C13H14Cl2N2O. The summed E-state index contributed by atoms with van der Waals surface area (Å²) in [6, 6.07) is 7.19.